The summed E-state index contributed by atoms with van der Waals surface area (Å²) in [6.45, 7) is 12.1. The second-order valence-corrected chi connectivity index (χ2v) is 23.5. The number of fused-ring (bicyclic) bond motifs is 8. The SMILES string of the molecule is C=C(C(=O)N1CCN(c2nc(OC[C@@]34CCCN3C[C@H](F)C4)nc3c(F)c(-c4ccc(F)c5sc(N)c(C#N)c45)c(Cl)cc23)[C@@H](C)C1)[C@@H](OC(=O)Nc1cc2cc3c(nc2cc1F)-c1cc2c(c(=O)n1C3)COC(=O)[C@]2(O)CC)C(C)C. The van der Waals surface area contributed by atoms with E-state index >= 15 is 13.2 Å². The minimum atomic E-state index is -2.02. The molecule has 3 saturated heterocycles. The molecule has 0 aliphatic carbocycles. The van der Waals surface area contributed by atoms with Crippen LogP contribution in [0.5, 0.6) is 6.01 Å². The predicted octanol–water partition coefficient (Wildman–Crippen LogP) is 9.25. The number of nitrogens with two attached hydrogens (primary N) is 1. The van der Waals surface area contributed by atoms with Crippen LogP contribution < -0.4 is 26.2 Å². The number of halogens is 5. The number of esters is 1. The average Bonchev–Trinajstić information content (AvgIpc) is 4.23. The van der Waals surface area contributed by atoms with Crippen LogP contribution in [0.3, 0.4) is 0 Å². The number of aliphatic hydroxyl groups is 1. The van der Waals surface area contributed by atoms with Crippen molar-refractivity contribution in [1.82, 2.24) is 29.3 Å². The van der Waals surface area contributed by atoms with Crippen LogP contribution in [0.15, 0.2) is 59.4 Å². The highest BCUT2D eigenvalue weighted by molar-refractivity contribution is 7.23. The molecule has 0 radical (unpaired) electrons. The molecule has 0 unspecified atom stereocenters. The molecule has 5 aliphatic rings. The van der Waals surface area contributed by atoms with E-state index in [-0.39, 0.29) is 146 Å². The largest absolute Gasteiger partial charge is 0.461 e. The van der Waals surface area contributed by atoms with Crippen LogP contribution in [0.2, 0.25) is 5.02 Å². The van der Waals surface area contributed by atoms with Crippen molar-refractivity contribution >= 4 is 89.3 Å². The number of cyclic esters (lactones) is 1. The smallest absolute Gasteiger partial charge is 0.412 e. The fourth-order valence-electron chi connectivity index (χ4n) is 12.6. The number of nitrogens with zero attached hydrogens (tertiary/aromatic N) is 8. The number of carbonyl (C=O) groups excluding carboxylic acids is 3. The molecule has 0 spiro atoms. The number of rotatable bonds is 11. The highest BCUT2D eigenvalue weighted by Crippen LogP contribution is 2.47. The summed E-state index contributed by atoms with van der Waals surface area (Å²) in [5.41, 5.74) is 4.29. The van der Waals surface area contributed by atoms with Crippen molar-refractivity contribution < 1.29 is 51.3 Å². The van der Waals surface area contributed by atoms with Crippen molar-refractivity contribution in [2.45, 2.75) is 96.0 Å². The number of amides is 2. The molecule has 2 amide bonds. The van der Waals surface area contributed by atoms with Gasteiger partial charge in [0, 0.05) is 77.6 Å². The molecule has 5 aliphatic heterocycles. The topological polar surface area (TPSA) is 231 Å². The number of hydrogen-bond donors (Lipinski definition) is 3. The van der Waals surface area contributed by atoms with Crippen molar-refractivity contribution in [1.29, 1.82) is 5.26 Å². The van der Waals surface area contributed by atoms with Crippen molar-refractivity contribution in [3.05, 3.63) is 110 Å². The second-order valence-electron chi connectivity index (χ2n) is 22.0. The van der Waals surface area contributed by atoms with Gasteiger partial charge in [0.05, 0.1) is 61.1 Å². The molecule has 5 atom stereocenters. The number of aromatic nitrogens is 4. The van der Waals surface area contributed by atoms with Gasteiger partial charge in [-0.15, -0.1) is 11.3 Å². The Hall–Kier alpha value is -7.91. The van der Waals surface area contributed by atoms with E-state index in [0.29, 0.717) is 35.3 Å². The number of carbonyl (C=O) groups is 3. The summed E-state index contributed by atoms with van der Waals surface area (Å²) in [7, 11) is 0. The number of nitrogen functional groups attached to an aromatic ring is 1. The molecule has 4 aromatic heterocycles. The molecule has 18 nitrogen and oxygen atoms in total. The Balaban J connectivity index is 0.783. The van der Waals surface area contributed by atoms with Crippen molar-refractivity contribution in [3.8, 4) is 34.6 Å². The molecule has 24 heteroatoms. The van der Waals surface area contributed by atoms with Gasteiger partial charge in [0.15, 0.2) is 11.4 Å². The number of piperazine rings is 1. The molecule has 12 rings (SSSR count). The van der Waals surface area contributed by atoms with E-state index in [4.69, 9.17) is 36.5 Å². The number of benzene rings is 3. The monoisotopic (exact) mass is 1160 g/mol. The summed E-state index contributed by atoms with van der Waals surface area (Å²) >= 11 is 7.85. The lowest BCUT2D eigenvalue weighted by Gasteiger charge is -2.41. The Kier molecular flexibility index (Phi) is 13.5. The van der Waals surface area contributed by atoms with E-state index in [1.807, 2.05) is 17.9 Å². The zero-order chi connectivity index (χ0) is 58.0. The fraction of sp³-hybridized carbons (Fsp3) is 0.379. The number of alkyl halides is 1. The lowest BCUT2D eigenvalue weighted by atomic mass is 9.86. The minimum Gasteiger partial charge on any atom is -0.461 e. The first kappa shape index (κ1) is 54.7. The molecule has 82 heavy (non-hydrogen) atoms. The molecule has 0 saturated carbocycles. The van der Waals surface area contributed by atoms with Crippen LogP contribution in [0.4, 0.5) is 38.9 Å². The summed E-state index contributed by atoms with van der Waals surface area (Å²) in [5, 5.41) is 24.4. The summed E-state index contributed by atoms with van der Waals surface area (Å²) in [6, 6.07) is 11.0. The third kappa shape index (κ3) is 8.75. The van der Waals surface area contributed by atoms with Crippen LogP contribution >= 0.6 is 22.9 Å². The summed E-state index contributed by atoms with van der Waals surface area (Å²) in [4.78, 5) is 73.9. The molecule has 7 aromatic rings. The second kappa shape index (κ2) is 20.2. The highest BCUT2D eigenvalue weighted by atomic mass is 35.5. The van der Waals surface area contributed by atoms with Gasteiger partial charge in [-0.1, -0.05) is 45.0 Å². The number of pyridine rings is 2. The third-order valence-corrected chi connectivity index (χ3v) is 18.1. The Labute approximate surface area is 474 Å². The zero-order valence-electron chi connectivity index (χ0n) is 44.8. The summed E-state index contributed by atoms with van der Waals surface area (Å²) < 4.78 is 82.3. The van der Waals surface area contributed by atoms with Crippen LogP contribution in [0, 0.1) is 34.7 Å². The van der Waals surface area contributed by atoms with Crippen LogP contribution in [0.1, 0.15) is 75.6 Å². The molecule has 3 aromatic carbocycles. The maximum atomic E-state index is 17.5. The summed E-state index contributed by atoms with van der Waals surface area (Å²) in [6.07, 6.45) is -1.54. The predicted molar refractivity (Wildman–Crippen MR) is 299 cm³/mol. The standard InChI is InChI=1S/C58H53ClF4N10O8S/c1-6-58(78)36-17-42-46-30(22-73(42)53(75)35(36)24-79-54(58)76)14-29-15-41(39(62)18-40(29)66-46)67-56(77)81-48(26(2)3)28(5)52(74)70-12-13-72(27(4)21-70)51-33-16-37(59)44(32-8-9-38(61)49-43(32)34(20-64)50(65)82-49)45(63)47(33)68-55(69-51)80-25-57-10-7-11-71(57)23-31(60)19-57/h8-9,14-18,26-27,31,48,78H,5-7,10-13,19,21-25,65H2,1-4H3,(H,67,77)/t27-,31+,48-,57-,58-/m0/s1. The van der Waals surface area contributed by atoms with Gasteiger partial charge < -0.3 is 39.4 Å². The van der Waals surface area contributed by atoms with Crippen LogP contribution in [-0.2, 0) is 37.8 Å². The lowest BCUT2D eigenvalue weighted by Crippen LogP contribution is -2.55. The average molecular weight is 1160 g/mol. The van der Waals surface area contributed by atoms with Gasteiger partial charge in [-0.2, -0.15) is 15.2 Å². The maximum Gasteiger partial charge on any atom is 0.412 e. The first-order chi connectivity index (χ1) is 39.1. The van der Waals surface area contributed by atoms with Gasteiger partial charge in [-0.05, 0) is 74.5 Å². The molecule has 0 bridgehead atoms. The Morgan fingerprint density at radius 1 is 1.09 bits per heavy atom. The Bertz CT molecular complexity index is 4060. The molecular weight excluding hydrogens is 1110 g/mol. The third-order valence-electron chi connectivity index (χ3n) is 16.7. The number of nitriles is 1. The molecule has 424 valence electrons. The zero-order valence-corrected chi connectivity index (χ0v) is 46.4. The molecule has 3 fully saturated rings. The normalized spacial score (nSPS) is 21.6. The number of thiophene rings is 1. The molecular formula is C58H53ClF4N10O8S. The first-order valence-electron chi connectivity index (χ1n) is 26.8. The number of nitrogens with one attached hydrogen (secondary N) is 1. The van der Waals surface area contributed by atoms with E-state index in [9.17, 15) is 33.9 Å². The van der Waals surface area contributed by atoms with Crippen LogP contribution in [-0.4, -0.2) is 116 Å². The summed E-state index contributed by atoms with van der Waals surface area (Å²) in [5.74, 6) is -4.05. The van der Waals surface area contributed by atoms with Crippen molar-refractivity contribution in [3.63, 3.8) is 0 Å². The van der Waals surface area contributed by atoms with Crippen molar-refractivity contribution in [2.24, 2.45) is 5.92 Å². The van der Waals surface area contributed by atoms with E-state index in [2.05, 4.69) is 26.8 Å². The van der Waals surface area contributed by atoms with E-state index in [0.717, 1.165) is 29.9 Å². The maximum absolute atomic E-state index is 17.5. The first-order valence-corrected chi connectivity index (χ1v) is 28.0. The van der Waals surface area contributed by atoms with E-state index in [1.165, 1.54) is 22.8 Å². The number of ether oxygens (including phenoxy) is 3. The van der Waals surface area contributed by atoms with Gasteiger partial charge in [0.1, 0.15) is 59.5 Å². The van der Waals surface area contributed by atoms with Crippen LogP contribution in [0.25, 0.3) is 54.4 Å². The Morgan fingerprint density at radius 3 is 2.62 bits per heavy atom. The van der Waals surface area contributed by atoms with Gasteiger partial charge >= 0.3 is 18.1 Å². The molecule has 4 N–H and O–H groups in total. The van der Waals surface area contributed by atoms with E-state index in [1.54, 1.807) is 37.8 Å². The van der Waals surface area contributed by atoms with Crippen molar-refractivity contribution in [2.75, 3.05) is 55.3 Å². The number of anilines is 3. The lowest BCUT2D eigenvalue weighted by molar-refractivity contribution is -0.172. The molecule has 9 heterocycles. The highest BCUT2D eigenvalue weighted by Gasteiger charge is 2.50. The van der Waals surface area contributed by atoms with Gasteiger partial charge in [0.2, 0.25) is 0 Å². The Morgan fingerprint density at radius 2 is 1.88 bits per heavy atom. The van der Waals surface area contributed by atoms with Gasteiger partial charge in [0.25, 0.3) is 11.5 Å². The number of hydrogen-bond acceptors (Lipinski definition) is 16. The van der Waals surface area contributed by atoms with Gasteiger partial charge in [-0.3, -0.25) is 19.8 Å². The van der Waals surface area contributed by atoms with Gasteiger partial charge in [-0.25, -0.2) is 32.1 Å². The minimum absolute atomic E-state index is 0.0303. The fourth-order valence-corrected chi connectivity index (χ4v) is 13.8. The quantitative estimate of drug-likeness (QED) is 0.0622. The van der Waals surface area contributed by atoms with E-state index < -0.39 is 76.4 Å².